The number of hydrogen-bond acceptors (Lipinski definition) is 6. The van der Waals surface area contributed by atoms with E-state index in [0.29, 0.717) is 6.54 Å². The molecule has 41 heavy (non-hydrogen) atoms. The Balaban J connectivity index is 1.30. The summed E-state index contributed by atoms with van der Waals surface area (Å²) in [7, 11) is 0. The van der Waals surface area contributed by atoms with Crippen molar-refractivity contribution in [3.63, 3.8) is 0 Å². The fourth-order valence-corrected chi connectivity index (χ4v) is 6.25. The molecule has 1 unspecified atom stereocenters. The van der Waals surface area contributed by atoms with E-state index in [2.05, 4.69) is 37.3 Å². The van der Waals surface area contributed by atoms with Crippen molar-refractivity contribution in [2.75, 3.05) is 42.9 Å². The quantitative estimate of drug-likeness (QED) is 0.402. The van der Waals surface area contributed by atoms with E-state index in [-0.39, 0.29) is 23.8 Å². The van der Waals surface area contributed by atoms with Crippen LogP contribution in [0.2, 0.25) is 0 Å². The average molecular weight is 556 g/mol. The van der Waals surface area contributed by atoms with Crippen molar-refractivity contribution < 1.29 is 14.1 Å². The summed E-state index contributed by atoms with van der Waals surface area (Å²) < 4.78 is 5.42. The van der Waals surface area contributed by atoms with Crippen LogP contribution in [0.3, 0.4) is 0 Å². The summed E-state index contributed by atoms with van der Waals surface area (Å²) in [5.74, 6) is 1.12. The fourth-order valence-electron chi connectivity index (χ4n) is 6.25. The highest BCUT2D eigenvalue weighted by atomic mass is 16.5. The molecule has 2 amide bonds. The molecule has 0 radical (unpaired) electrons. The summed E-state index contributed by atoms with van der Waals surface area (Å²) in [6.07, 6.45) is 6.57. The molecule has 0 spiro atoms. The molecule has 3 heterocycles. The zero-order chi connectivity index (χ0) is 28.3. The molecule has 6 rings (SSSR count). The zero-order valence-corrected chi connectivity index (χ0v) is 24.3. The molecular weight excluding hydrogens is 514 g/mol. The van der Waals surface area contributed by atoms with Crippen LogP contribution in [-0.4, -0.2) is 59.5 Å². The molecule has 1 N–H and O–H groups in total. The van der Waals surface area contributed by atoms with E-state index in [1.54, 1.807) is 0 Å². The molecule has 1 saturated carbocycles. The summed E-state index contributed by atoms with van der Waals surface area (Å²) in [4.78, 5) is 33.9. The number of nitrogens with one attached hydrogen (secondary N) is 1. The lowest BCUT2D eigenvalue weighted by molar-refractivity contribution is -0.117. The van der Waals surface area contributed by atoms with Crippen molar-refractivity contribution in [2.45, 2.75) is 65.0 Å². The Morgan fingerprint density at radius 3 is 2.39 bits per heavy atom. The predicted molar refractivity (Wildman–Crippen MR) is 160 cm³/mol. The second-order valence-corrected chi connectivity index (χ2v) is 11.9. The van der Waals surface area contributed by atoms with E-state index in [0.717, 1.165) is 97.9 Å². The Morgan fingerprint density at radius 2 is 1.71 bits per heavy atom. The van der Waals surface area contributed by atoms with Crippen molar-refractivity contribution in [3.8, 4) is 0 Å². The minimum atomic E-state index is -0.0795. The van der Waals surface area contributed by atoms with Gasteiger partial charge in [-0.2, -0.15) is 0 Å². The smallest absolute Gasteiger partial charge is 0.256 e. The third-order valence-electron chi connectivity index (χ3n) is 8.86. The number of rotatable bonds is 7. The van der Waals surface area contributed by atoms with E-state index in [1.807, 2.05) is 50.2 Å². The van der Waals surface area contributed by atoms with Crippen LogP contribution in [0.5, 0.6) is 0 Å². The molecule has 3 aromatic rings. The highest BCUT2D eigenvalue weighted by Gasteiger charge is 2.35. The lowest BCUT2D eigenvalue weighted by Crippen LogP contribution is -2.50. The maximum atomic E-state index is 14.5. The summed E-state index contributed by atoms with van der Waals surface area (Å²) in [6.45, 7) is 8.68. The van der Waals surface area contributed by atoms with Crippen LogP contribution in [-0.2, 0) is 11.3 Å². The Hall–Kier alpha value is -3.65. The van der Waals surface area contributed by atoms with E-state index in [9.17, 15) is 9.59 Å². The average Bonchev–Trinajstić information content (AvgIpc) is 3.83. The predicted octanol–water partition coefficient (Wildman–Crippen LogP) is 5.72. The van der Waals surface area contributed by atoms with Crippen LogP contribution in [0, 0.1) is 19.8 Å². The highest BCUT2D eigenvalue weighted by molar-refractivity contribution is 6.02. The number of hydrogen-bond donors (Lipinski definition) is 1. The molecule has 0 bridgehead atoms. The van der Waals surface area contributed by atoms with Gasteiger partial charge in [0.15, 0.2) is 0 Å². The summed E-state index contributed by atoms with van der Waals surface area (Å²) in [6, 6.07) is 16.1. The van der Waals surface area contributed by atoms with Crippen LogP contribution < -0.4 is 10.2 Å². The first-order valence-electron chi connectivity index (χ1n) is 15.2. The summed E-state index contributed by atoms with van der Waals surface area (Å²) in [5.41, 5.74) is 5.62. The van der Waals surface area contributed by atoms with Crippen molar-refractivity contribution in [1.82, 2.24) is 15.0 Å². The van der Waals surface area contributed by atoms with Gasteiger partial charge in [-0.15, -0.1) is 0 Å². The monoisotopic (exact) mass is 555 g/mol. The fraction of sp³-hybridized carbons (Fsp3) is 0.485. The third-order valence-corrected chi connectivity index (χ3v) is 8.86. The first kappa shape index (κ1) is 27.5. The Morgan fingerprint density at radius 1 is 0.951 bits per heavy atom. The maximum absolute atomic E-state index is 14.5. The van der Waals surface area contributed by atoms with Gasteiger partial charge in [-0.1, -0.05) is 48.3 Å². The molecule has 1 aromatic heterocycles. The van der Waals surface area contributed by atoms with Gasteiger partial charge in [0.25, 0.3) is 5.91 Å². The highest BCUT2D eigenvalue weighted by Crippen LogP contribution is 2.35. The topological polar surface area (TPSA) is 81.9 Å². The minimum absolute atomic E-state index is 0.0511. The molecule has 8 nitrogen and oxygen atoms in total. The van der Waals surface area contributed by atoms with Gasteiger partial charge in [0.2, 0.25) is 5.91 Å². The number of benzene rings is 2. The van der Waals surface area contributed by atoms with Gasteiger partial charge in [0.05, 0.1) is 23.0 Å². The number of carbonyl (C=O) groups excluding carboxylic acids is 2. The Labute approximate surface area is 242 Å². The van der Waals surface area contributed by atoms with Gasteiger partial charge in [-0.05, 0) is 63.3 Å². The summed E-state index contributed by atoms with van der Waals surface area (Å²) in [5, 5.41) is 7.25. The summed E-state index contributed by atoms with van der Waals surface area (Å²) >= 11 is 0. The third kappa shape index (κ3) is 6.17. The number of anilines is 2. The number of carbonyl (C=O) groups is 2. The number of aromatic nitrogens is 1. The molecule has 1 atom stereocenters. The largest absolute Gasteiger partial charge is 0.371 e. The standard InChI is InChI=1S/C33H41N5O3/c1-23-29(24(2)41-35-23)21-36-18-19-38(31(22-36)25-10-6-5-7-11-25)33(40)28-15-14-27(34-32(39)26-12-13-26)20-30(28)37-16-8-3-4-9-17-37/h5-7,10-11,14-15,20,26,31H,3-4,8-9,12-13,16-19,21-22H2,1-2H3,(H,34,39). The van der Waals surface area contributed by atoms with E-state index in [4.69, 9.17) is 4.52 Å². The number of nitrogens with zero attached hydrogens (tertiary/aromatic N) is 4. The van der Waals surface area contributed by atoms with Crippen LogP contribution in [0.25, 0.3) is 0 Å². The van der Waals surface area contributed by atoms with E-state index in [1.165, 1.54) is 12.8 Å². The number of aryl methyl sites for hydroxylation is 2. The van der Waals surface area contributed by atoms with Crippen LogP contribution in [0.15, 0.2) is 53.1 Å². The second-order valence-electron chi connectivity index (χ2n) is 11.9. The van der Waals surface area contributed by atoms with Crippen LogP contribution >= 0.6 is 0 Å². The number of amides is 2. The van der Waals surface area contributed by atoms with Gasteiger partial charge in [0.1, 0.15) is 5.76 Å². The SMILES string of the molecule is Cc1noc(C)c1CN1CCN(C(=O)c2ccc(NC(=O)C3CC3)cc2N2CCCCCC2)C(c2ccccc2)C1. The first-order chi connectivity index (χ1) is 20.0. The lowest BCUT2D eigenvalue weighted by atomic mass is 9.99. The van der Waals surface area contributed by atoms with Crippen molar-refractivity contribution in [2.24, 2.45) is 5.92 Å². The van der Waals surface area contributed by atoms with Gasteiger partial charge >= 0.3 is 0 Å². The maximum Gasteiger partial charge on any atom is 0.256 e. The number of piperazine rings is 1. The van der Waals surface area contributed by atoms with E-state index >= 15 is 0 Å². The van der Waals surface area contributed by atoms with E-state index < -0.39 is 0 Å². The zero-order valence-electron chi connectivity index (χ0n) is 24.3. The Kier molecular flexibility index (Phi) is 8.10. The van der Waals surface area contributed by atoms with Gasteiger partial charge < -0.3 is 19.6 Å². The van der Waals surface area contributed by atoms with Crippen LogP contribution in [0.1, 0.15) is 77.5 Å². The van der Waals surface area contributed by atoms with Gasteiger partial charge in [-0.25, -0.2) is 0 Å². The van der Waals surface area contributed by atoms with Crippen molar-refractivity contribution >= 4 is 23.2 Å². The van der Waals surface area contributed by atoms with Crippen LogP contribution in [0.4, 0.5) is 11.4 Å². The molecule has 3 aliphatic rings. The van der Waals surface area contributed by atoms with Gasteiger partial charge in [0, 0.05) is 56.4 Å². The first-order valence-corrected chi connectivity index (χ1v) is 15.2. The molecule has 1 aliphatic carbocycles. The van der Waals surface area contributed by atoms with Gasteiger partial charge in [-0.3, -0.25) is 14.5 Å². The lowest BCUT2D eigenvalue weighted by Gasteiger charge is -2.42. The van der Waals surface area contributed by atoms with Crippen molar-refractivity contribution in [1.29, 1.82) is 0 Å². The molecule has 2 saturated heterocycles. The second kappa shape index (κ2) is 12.1. The molecule has 216 valence electrons. The molecule has 2 aliphatic heterocycles. The molecular formula is C33H41N5O3. The molecule has 8 heteroatoms. The van der Waals surface area contributed by atoms with Crippen molar-refractivity contribution in [3.05, 3.63) is 76.7 Å². The normalized spacial score (nSPS) is 20.1. The molecule has 3 fully saturated rings. The molecule has 2 aromatic carbocycles. The minimum Gasteiger partial charge on any atom is -0.371 e. The Bertz CT molecular complexity index is 1360.